The van der Waals surface area contributed by atoms with Crippen molar-refractivity contribution in [2.45, 2.75) is 6.54 Å². The number of hydrogen-bond donors (Lipinski definition) is 2. The van der Waals surface area contributed by atoms with Gasteiger partial charge in [0.05, 0.1) is 12.2 Å². The Balaban J connectivity index is 2.11. The molecular formula is C12H15N5. The van der Waals surface area contributed by atoms with E-state index in [2.05, 4.69) is 15.4 Å². The maximum atomic E-state index is 5.33. The van der Waals surface area contributed by atoms with Gasteiger partial charge >= 0.3 is 0 Å². The average molecular weight is 229 g/mol. The second-order valence-corrected chi connectivity index (χ2v) is 3.70. The third kappa shape index (κ3) is 2.92. The molecule has 0 bridgehead atoms. The van der Waals surface area contributed by atoms with Gasteiger partial charge in [-0.15, -0.1) is 0 Å². The van der Waals surface area contributed by atoms with Crippen LogP contribution in [-0.4, -0.2) is 17.0 Å². The molecule has 0 radical (unpaired) electrons. The van der Waals surface area contributed by atoms with Crippen LogP contribution in [0.1, 0.15) is 5.69 Å². The lowest BCUT2D eigenvalue weighted by atomic mass is 10.3. The Morgan fingerprint density at radius 2 is 2.12 bits per heavy atom. The zero-order valence-corrected chi connectivity index (χ0v) is 9.67. The van der Waals surface area contributed by atoms with Gasteiger partial charge in [-0.1, -0.05) is 12.1 Å². The Morgan fingerprint density at radius 1 is 1.24 bits per heavy atom. The number of rotatable bonds is 4. The van der Waals surface area contributed by atoms with E-state index in [9.17, 15) is 0 Å². The van der Waals surface area contributed by atoms with Gasteiger partial charge < -0.3 is 10.3 Å². The van der Waals surface area contributed by atoms with Crippen LogP contribution in [0.5, 0.6) is 0 Å². The molecule has 0 aliphatic heterocycles. The maximum absolute atomic E-state index is 5.33. The summed E-state index contributed by atoms with van der Waals surface area (Å²) in [4.78, 5) is 10.6. The van der Waals surface area contributed by atoms with Crippen molar-refractivity contribution in [1.29, 1.82) is 0 Å². The Hall–Kier alpha value is -2.14. The van der Waals surface area contributed by atoms with Crippen LogP contribution in [-0.2, 0) is 6.54 Å². The third-order valence-electron chi connectivity index (χ3n) is 2.40. The second kappa shape index (κ2) is 5.27. The minimum atomic E-state index is 0.648. The van der Waals surface area contributed by atoms with Crippen molar-refractivity contribution in [3.63, 3.8) is 0 Å². The molecule has 0 aliphatic carbocycles. The predicted octanol–water partition coefficient (Wildman–Crippen LogP) is 1.40. The predicted molar refractivity (Wildman–Crippen MR) is 68.4 cm³/mol. The minimum Gasteiger partial charge on any atom is -0.354 e. The molecule has 0 aliphatic rings. The van der Waals surface area contributed by atoms with Gasteiger partial charge in [0.25, 0.3) is 0 Å². The molecule has 0 spiro atoms. The van der Waals surface area contributed by atoms with E-state index in [4.69, 9.17) is 5.84 Å². The van der Waals surface area contributed by atoms with Crippen LogP contribution in [0.4, 0.5) is 11.6 Å². The third-order valence-corrected chi connectivity index (χ3v) is 2.40. The Kier molecular flexibility index (Phi) is 3.52. The summed E-state index contributed by atoms with van der Waals surface area (Å²) >= 11 is 0. The molecule has 88 valence electrons. The molecule has 2 aromatic rings. The zero-order chi connectivity index (χ0) is 12.1. The molecule has 0 amide bonds. The maximum Gasteiger partial charge on any atom is 0.142 e. The number of nitrogens with one attached hydrogen (secondary N) is 1. The number of aromatic nitrogens is 2. The Labute approximate surface area is 100 Å². The van der Waals surface area contributed by atoms with Crippen LogP contribution in [0, 0.1) is 0 Å². The van der Waals surface area contributed by atoms with E-state index in [0.717, 1.165) is 11.5 Å². The van der Waals surface area contributed by atoms with Crippen LogP contribution in [0.3, 0.4) is 0 Å². The average Bonchev–Trinajstić information content (AvgIpc) is 2.40. The van der Waals surface area contributed by atoms with E-state index >= 15 is 0 Å². The van der Waals surface area contributed by atoms with Crippen molar-refractivity contribution < 1.29 is 0 Å². The molecule has 5 heteroatoms. The summed E-state index contributed by atoms with van der Waals surface area (Å²) in [7, 11) is 1.97. The highest BCUT2D eigenvalue weighted by Crippen LogP contribution is 2.13. The van der Waals surface area contributed by atoms with E-state index in [0.29, 0.717) is 12.4 Å². The molecule has 17 heavy (non-hydrogen) atoms. The number of hydrogen-bond acceptors (Lipinski definition) is 5. The lowest BCUT2D eigenvalue weighted by molar-refractivity contribution is 0.866. The van der Waals surface area contributed by atoms with Crippen molar-refractivity contribution in [3.8, 4) is 0 Å². The van der Waals surface area contributed by atoms with Crippen LogP contribution in [0.15, 0.2) is 42.6 Å². The zero-order valence-electron chi connectivity index (χ0n) is 9.67. The standard InChI is InChI=1S/C12H15N5/c1-17(9-10-5-2-3-8-14-10)12-7-4-6-11(15-12)16-13/h2-8H,9,13H2,1H3,(H,15,16). The van der Waals surface area contributed by atoms with Crippen molar-refractivity contribution >= 4 is 11.6 Å². The molecule has 0 aromatic carbocycles. The number of hydrazine groups is 1. The molecule has 2 aromatic heterocycles. The van der Waals surface area contributed by atoms with E-state index in [1.165, 1.54) is 0 Å². The Morgan fingerprint density at radius 3 is 2.82 bits per heavy atom. The summed E-state index contributed by atoms with van der Waals surface area (Å²) in [6, 6.07) is 11.5. The second-order valence-electron chi connectivity index (χ2n) is 3.70. The van der Waals surface area contributed by atoms with Gasteiger partial charge in [0.2, 0.25) is 0 Å². The fourth-order valence-electron chi connectivity index (χ4n) is 1.53. The molecule has 0 unspecified atom stereocenters. The molecule has 2 heterocycles. The summed E-state index contributed by atoms with van der Waals surface area (Å²) in [6.45, 7) is 0.710. The molecule has 0 fully saturated rings. The highest BCUT2D eigenvalue weighted by Gasteiger charge is 2.04. The van der Waals surface area contributed by atoms with Crippen LogP contribution < -0.4 is 16.2 Å². The van der Waals surface area contributed by atoms with E-state index < -0.39 is 0 Å². The van der Waals surface area contributed by atoms with Gasteiger partial charge in [0.1, 0.15) is 11.6 Å². The van der Waals surface area contributed by atoms with Crippen molar-refractivity contribution in [1.82, 2.24) is 9.97 Å². The lowest BCUT2D eigenvalue weighted by Gasteiger charge is -2.18. The minimum absolute atomic E-state index is 0.648. The molecule has 0 saturated heterocycles. The van der Waals surface area contributed by atoms with Gasteiger partial charge in [-0.3, -0.25) is 4.98 Å². The number of nitrogens with two attached hydrogens (primary N) is 1. The van der Waals surface area contributed by atoms with Crippen molar-refractivity contribution in [2.75, 3.05) is 17.4 Å². The van der Waals surface area contributed by atoms with Crippen LogP contribution in [0.2, 0.25) is 0 Å². The molecular weight excluding hydrogens is 214 g/mol. The van der Waals surface area contributed by atoms with Gasteiger partial charge in [-0.25, -0.2) is 10.8 Å². The number of nitrogens with zero attached hydrogens (tertiary/aromatic N) is 3. The topological polar surface area (TPSA) is 67.1 Å². The van der Waals surface area contributed by atoms with Gasteiger partial charge in [-0.2, -0.15) is 0 Å². The first-order chi connectivity index (χ1) is 8.29. The largest absolute Gasteiger partial charge is 0.354 e. The molecule has 3 N–H and O–H groups in total. The molecule has 2 rings (SSSR count). The Bertz CT molecular complexity index is 471. The lowest BCUT2D eigenvalue weighted by Crippen LogP contribution is -2.19. The van der Waals surface area contributed by atoms with Crippen molar-refractivity contribution in [3.05, 3.63) is 48.3 Å². The molecule has 5 nitrogen and oxygen atoms in total. The van der Waals surface area contributed by atoms with Crippen LogP contribution in [0.25, 0.3) is 0 Å². The summed E-state index contributed by atoms with van der Waals surface area (Å²) < 4.78 is 0. The smallest absolute Gasteiger partial charge is 0.142 e. The normalized spacial score (nSPS) is 10.0. The van der Waals surface area contributed by atoms with E-state index in [1.807, 2.05) is 48.3 Å². The quantitative estimate of drug-likeness (QED) is 0.612. The summed E-state index contributed by atoms with van der Waals surface area (Å²) in [5.74, 6) is 6.83. The SMILES string of the molecule is CN(Cc1ccccn1)c1cccc(NN)n1. The number of pyridine rings is 2. The molecule has 0 saturated carbocycles. The first kappa shape index (κ1) is 11.3. The summed E-state index contributed by atoms with van der Waals surface area (Å²) in [5, 5.41) is 0. The first-order valence-corrected chi connectivity index (χ1v) is 5.34. The first-order valence-electron chi connectivity index (χ1n) is 5.34. The summed E-state index contributed by atoms with van der Waals surface area (Å²) in [5.41, 5.74) is 3.54. The van der Waals surface area contributed by atoms with Gasteiger partial charge in [0, 0.05) is 13.2 Å². The van der Waals surface area contributed by atoms with Crippen molar-refractivity contribution in [2.24, 2.45) is 5.84 Å². The monoisotopic (exact) mass is 229 g/mol. The molecule has 0 atom stereocenters. The number of nitrogen functional groups attached to an aromatic ring is 1. The highest BCUT2D eigenvalue weighted by atomic mass is 15.3. The van der Waals surface area contributed by atoms with E-state index in [-0.39, 0.29) is 0 Å². The fourth-order valence-corrected chi connectivity index (χ4v) is 1.53. The highest BCUT2D eigenvalue weighted by molar-refractivity contribution is 5.46. The fraction of sp³-hybridized carbons (Fsp3) is 0.167. The van der Waals surface area contributed by atoms with Crippen LogP contribution >= 0.6 is 0 Å². The van der Waals surface area contributed by atoms with E-state index in [1.54, 1.807) is 6.20 Å². The summed E-state index contributed by atoms with van der Waals surface area (Å²) in [6.07, 6.45) is 1.79. The van der Waals surface area contributed by atoms with Gasteiger partial charge in [0.15, 0.2) is 0 Å². The number of anilines is 2. The van der Waals surface area contributed by atoms with Gasteiger partial charge in [-0.05, 0) is 24.3 Å².